The topological polar surface area (TPSA) is 21.3 Å². The molecule has 0 spiro atoms. The van der Waals surface area contributed by atoms with E-state index < -0.39 is 0 Å². The highest BCUT2D eigenvalue weighted by Crippen LogP contribution is 2.25. The molecule has 1 heterocycles. The summed E-state index contributed by atoms with van der Waals surface area (Å²) in [4.78, 5) is 0. The molecule has 1 N–H and O–H groups in total. The first-order chi connectivity index (χ1) is 9.76. The average molecular weight is 267 g/mol. The Bertz CT molecular complexity index is 606. The molecule has 2 aromatic rings. The van der Waals surface area contributed by atoms with Crippen molar-refractivity contribution in [2.75, 3.05) is 7.05 Å². The predicted octanol–water partition coefficient (Wildman–Crippen LogP) is 3.53. The van der Waals surface area contributed by atoms with Crippen molar-refractivity contribution in [2.45, 2.75) is 32.6 Å². The highest BCUT2D eigenvalue weighted by Gasteiger charge is 2.15. The molecule has 2 nitrogen and oxygen atoms in total. The van der Waals surface area contributed by atoms with Gasteiger partial charge in [0.15, 0.2) is 0 Å². The second-order valence-electron chi connectivity index (χ2n) is 5.56. The molecule has 1 aliphatic rings. The quantitative estimate of drug-likeness (QED) is 0.915. The highest BCUT2D eigenvalue weighted by molar-refractivity contribution is 5.35. The summed E-state index contributed by atoms with van der Waals surface area (Å²) in [5.74, 6) is 0. The van der Waals surface area contributed by atoms with Crippen LogP contribution in [0, 0.1) is 6.92 Å². The largest absolute Gasteiger partial charge is 0.372 e. The zero-order valence-corrected chi connectivity index (χ0v) is 12.1. The molecule has 2 aromatic carbocycles. The van der Waals surface area contributed by atoms with Crippen LogP contribution < -0.4 is 5.32 Å². The Balaban J connectivity index is 1.83. The first-order valence-electron chi connectivity index (χ1n) is 7.18. The smallest absolute Gasteiger partial charge is 0.0725 e. The molecule has 1 atom stereocenters. The lowest BCUT2D eigenvalue weighted by Gasteiger charge is -2.18. The lowest BCUT2D eigenvalue weighted by atomic mass is 9.95. The number of benzene rings is 2. The van der Waals surface area contributed by atoms with Crippen molar-refractivity contribution in [1.82, 2.24) is 5.32 Å². The third-order valence-corrected chi connectivity index (χ3v) is 4.02. The van der Waals surface area contributed by atoms with E-state index in [2.05, 4.69) is 54.7 Å². The highest BCUT2D eigenvalue weighted by atomic mass is 16.5. The van der Waals surface area contributed by atoms with E-state index >= 15 is 0 Å². The van der Waals surface area contributed by atoms with Crippen LogP contribution >= 0.6 is 0 Å². The second kappa shape index (κ2) is 5.78. The van der Waals surface area contributed by atoms with E-state index in [-0.39, 0.29) is 0 Å². The fourth-order valence-corrected chi connectivity index (χ4v) is 2.87. The monoisotopic (exact) mass is 267 g/mol. The molecule has 104 valence electrons. The minimum atomic E-state index is 0.350. The average Bonchev–Trinajstić information content (AvgIpc) is 2.92. The van der Waals surface area contributed by atoms with Crippen LogP contribution in [-0.4, -0.2) is 7.05 Å². The zero-order valence-electron chi connectivity index (χ0n) is 12.1. The zero-order chi connectivity index (χ0) is 13.9. The lowest BCUT2D eigenvalue weighted by molar-refractivity contribution is 0.134. The van der Waals surface area contributed by atoms with Gasteiger partial charge < -0.3 is 10.1 Å². The van der Waals surface area contributed by atoms with Gasteiger partial charge >= 0.3 is 0 Å². The molecule has 1 aliphatic heterocycles. The summed E-state index contributed by atoms with van der Waals surface area (Å²) in [6.45, 7) is 3.66. The summed E-state index contributed by atoms with van der Waals surface area (Å²) in [6.07, 6.45) is 1.01. The summed E-state index contributed by atoms with van der Waals surface area (Å²) in [5, 5.41) is 3.44. The van der Waals surface area contributed by atoms with Gasteiger partial charge in [0.2, 0.25) is 0 Å². The Hall–Kier alpha value is -1.64. The van der Waals surface area contributed by atoms with Gasteiger partial charge in [-0.2, -0.15) is 0 Å². The number of ether oxygens (including phenoxy) is 1. The van der Waals surface area contributed by atoms with Crippen LogP contribution in [0.2, 0.25) is 0 Å². The van der Waals surface area contributed by atoms with Crippen molar-refractivity contribution in [3.63, 3.8) is 0 Å². The minimum Gasteiger partial charge on any atom is -0.372 e. The fraction of sp³-hybridized carbons (Fsp3) is 0.333. The molecule has 0 radical (unpaired) electrons. The van der Waals surface area contributed by atoms with Gasteiger partial charge in [-0.25, -0.2) is 0 Å². The molecule has 0 saturated heterocycles. The summed E-state index contributed by atoms with van der Waals surface area (Å²) in [6, 6.07) is 15.8. The van der Waals surface area contributed by atoms with E-state index in [1.165, 1.54) is 27.8 Å². The molecule has 0 aromatic heterocycles. The molecular formula is C18H21NO. The van der Waals surface area contributed by atoms with E-state index in [0.29, 0.717) is 6.04 Å². The molecule has 0 saturated carbocycles. The maximum atomic E-state index is 5.50. The lowest BCUT2D eigenvalue weighted by Crippen LogP contribution is -2.19. The van der Waals surface area contributed by atoms with Crippen molar-refractivity contribution < 1.29 is 4.74 Å². The number of hydrogen-bond donors (Lipinski definition) is 1. The van der Waals surface area contributed by atoms with E-state index in [9.17, 15) is 0 Å². The third-order valence-electron chi connectivity index (χ3n) is 4.02. The van der Waals surface area contributed by atoms with Crippen molar-refractivity contribution in [3.8, 4) is 0 Å². The van der Waals surface area contributed by atoms with Gasteiger partial charge in [0.1, 0.15) is 0 Å². The summed E-state index contributed by atoms with van der Waals surface area (Å²) in [5.41, 5.74) is 6.71. The van der Waals surface area contributed by atoms with Crippen LogP contribution in [0.1, 0.15) is 33.9 Å². The number of aryl methyl sites for hydroxylation is 1. The molecule has 20 heavy (non-hydrogen) atoms. The number of likely N-dealkylation sites (N-methyl/N-ethyl adjacent to an activating group) is 1. The first-order valence-corrected chi connectivity index (χ1v) is 7.18. The molecule has 0 amide bonds. The number of fused-ring (bicyclic) bond motifs is 1. The number of hydrogen-bond acceptors (Lipinski definition) is 2. The van der Waals surface area contributed by atoms with E-state index in [1.54, 1.807) is 0 Å². The van der Waals surface area contributed by atoms with Crippen molar-refractivity contribution in [2.24, 2.45) is 0 Å². The maximum absolute atomic E-state index is 5.50. The minimum absolute atomic E-state index is 0.350. The molecule has 0 fully saturated rings. The van der Waals surface area contributed by atoms with Gasteiger partial charge in [0.05, 0.1) is 13.2 Å². The van der Waals surface area contributed by atoms with E-state index in [0.717, 1.165) is 19.6 Å². The second-order valence-corrected chi connectivity index (χ2v) is 5.56. The van der Waals surface area contributed by atoms with E-state index in [4.69, 9.17) is 4.74 Å². The standard InChI is InChI=1S/C18H21NO/c1-13-4-3-5-14(8-13)9-18(19-2)15-6-7-16-11-20-12-17(16)10-15/h3-8,10,18-19H,9,11-12H2,1-2H3. The molecule has 2 heteroatoms. The van der Waals surface area contributed by atoms with Crippen LogP contribution in [-0.2, 0) is 24.4 Å². The van der Waals surface area contributed by atoms with Crippen LogP contribution in [0.25, 0.3) is 0 Å². The molecular weight excluding hydrogens is 246 g/mol. The number of rotatable bonds is 4. The molecule has 0 aliphatic carbocycles. The van der Waals surface area contributed by atoms with Gasteiger partial charge in [0.25, 0.3) is 0 Å². The SMILES string of the molecule is CNC(Cc1cccc(C)c1)c1ccc2c(c1)COC2. The number of nitrogens with one attached hydrogen (secondary N) is 1. The Morgan fingerprint density at radius 2 is 1.95 bits per heavy atom. The summed E-state index contributed by atoms with van der Waals surface area (Å²) >= 11 is 0. The first kappa shape index (κ1) is 13.3. The molecule has 1 unspecified atom stereocenters. The summed E-state index contributed by atoms with van der Waals surface area (Å²) in [7, 11) is 2.03. The summed E-state index contributed by atoms with van der Waals surface area (Å²) < 4.78 is 5.50. The van der Waals surface area contributed by atoms with Gasteiger partial charge in [-0.15, -0.1) is 0 Å². The van der Waals surface area contributed by atoms with Crippen molar-refractivity contribution in [1.29, 1.82) is 0 Å². The normalized spacial score (nSPS) is 15.1. The fourth-order valence-electron chi connectivity index (χ4n) is 2.87. The van der Waals surface area contributed by atoms with Crippen LogP contribution in [0.5, 0.6) is 0 Å². The molecule has 0 bridgehead atoms. The van der Waals surface area contributed by atoms with E-state index in [1.807, 2.05) is 7.05 Å². The Kier molecular flexibility index (Phi) is 3.86. The van der Waals surface area contributed by atoms with Gasteiger partial charge in [-0.3, -0.25) is 0 Å². The van der Waals surface area contributed by atoms with Crippen LogP contribution in [0.3, 0.4) is 0 Å². The van der Waals surface area contributed by atoms with Crippen molar-refractivity contribution >= 4 is 0 Å². The Labute approximate surface area is 120 Å². The van der Waals surface area contributed by atoms with Crippen LogP contribution in [0.15, 0.2) is 42.5 Å². The van der Waals surface area contributed by atoms with Gasteiger partial charge in [-0.1, -0.05) is 48.0 Å². The maximum Gasteiger partial charge on any atom is 0.0725 e. The van der Waals surface area contributed by atoms with Crippen molar-refractivity contribution in [3.05, 3.63) is 70.3 Å². The van der Waals surface area contributed by atoms with Gasteiger partial charge in [0, 0.05) is 6.04 Å². The Morgan fingerprint density at radius 1 is 1.10 bits per heavy atom. The Morgan fingerprint density at radius 3 is 2.75 bits per heavy atom. The van der Waals surface area contributed by atoms with Crippen LogP contribution in [0.4, 0.5) is 0 Å². The van der Waals surface area contributed by atoms with Gasteiger partial charge in [-0.05, 0) is 42.6 Å². The molecule has 3 rings (SSSR count). The third kappa shape index (κ3) is 2.77. The predicted molar refractivity (Wildman–Crippen MR) is 81.6 cm³/mol.